The summed E-state index contributed by atoms with van der Waals surface area (Å²) in [5.74, 6) is 0.601. The third-order valence-corrected chi connectivity index (χ3v) is 4.37. The van der Waals surface area contributed by atoms with Gasteiger partial charge in [-0.2, -0.15) is 0 Å². The first kappa shape index (κ1) is 19.6. The van der Waals surface area contributed by atoms with Crippen LogP contribution in [0.4, 0.5) is 4.39 Å². The monoisotopic (exact) mass is 454 g/mol. The Hall–Kier alpha value is -1.70. The highest BCUT2D eigenvalue weighted by atomic mass is 127. The zero-order chi connectivity index (χ0) is 16.8. The van der Waals surface area contributed by atoms with Gasteiger partial charge in [-0.15, -0.1) is 24.0 Å². The van der Waals surface area contributed by atoms with Crippen molar-refractivity contribution in [3.63, 3.8) is 0 Å². The van der Waals surface area contributed by atoms with E-state index in [1.165, 1.54) is 17.7 Å². The normalized spacial score (nSPS) is 15.2. The molecule has 25 heavy (non-hydrogen) atoms. The van der Waals surface area contributed by atoms with Crippen LogP contribution in [-0.2, 0) is 12.0 Å². The topological polar surface area (TPSA) is 49.3 Å². The highest BCUT2D eigenvalue weighted by Crippen LogP contribution is 2.47. The maximum atomic E-state index is 13.1. The van der Waals surface area contributed by atoms with Crippen LogP contribution < -0.4 is 10.6 Å². The lowest BCUT2D eigenvalue weighted by molar-refractivity contribution is 0.617. The van der Waals surface area contributed by atoms with Gasteiger partial charge >= 0.3 is 0 Å². The number of nitrogens with zero attached hydrogens (tertiary/aromatic N) is 2. The molecule has 0 unspecified atom stereocenters. The second-order valence-corrected chi connectivity index (χ2v) is 6.16. The number of hydrogen-bond donors (Lipinski definition) is 2. The Labute approximate surface area is 165 Å². The van der Waals surface area contributed by atoms with E-state index in [2.05, 4.69) is 20.6 Å². The van der Waals surface area contributed by atoms with Crippen LogP contribution in [0.25, 0.3) is 0 Å². The highest BCUT2D eigenvalue weighted by Gasteiger charge is 2.44. The number of pyridine rings is 1. The van der Waals surface area contributed by atoms with Crippen molar-refractivity contribution in [3.05, 3.63) is 65.7 Å². The molecular weight excluding hydrogens is 430 g/mol. The van der Waals surface area contributed by atoms with Gasteiger partial charge in [0.25, 0.3) is 0 Å². The van der Waals surface area contributed by atoms with Gasteiger partial charge in [0.15, 0.2) is 5.96 Å². The molecular formula is C19H24FIN4. The summed E-state index contributed by atoms with van der Waals surface area (Å²) in [6.07, 6.45) is 4.01. The van der Waals surface area contributed by atoms with Crippen LogP contribution in [-0.4, -0.2) is 24.0 Å². The molecule has 2 aromatic rings. The average Bonchev–Trinajstić information content (AvgIpc) is 3.40. The molecule has 0 bridgehead atoms. The van der Waals surface area contributed by atoms with E-state index in [4.69, 9.17) is 0 Å². The van der Waals surface area contributed by atoms with Gasteiger partial charge in [-0.3, -0.25) is 4.98 Å². The molecule has 0 amide bonds. The largest absolute Gasteiger partial charge is 0.357 e. The molecule has 1 aliphatic rings. The van der Waals surface area contributed by atoms with Gasteiger partial charge in [0.1, 0.15) is 5.82 Å². The SMILES string of the molecule is CCNC(=NCc1ccccn1)NCC1(c2ccc(F)cc2)CC1.I. The van der Waals surface area contributed by atoms with Crippen LogP contribution >= 0.6 is 24.0 Å². The number of rotatable bonds is 6. The number of halogens is 2. The van der Waals surface area contributed by atoms with E-state index in [0.717, 1.165) is 37.6 Å². The lowest BCUT2D eigenvalue weighted by atomic mass is 9.96. The minimum atomic E-state index is -0.187. The molecule has 0 radical (unpaired) electrons. The zero-order valence-corrected chi connectivity index (χ0v) is 16.7. The van der Waals surface area contributed by atoms with Crippen LogP contribution in [0.2, 0.25) is 0 Å². The van der Waals surface area contributed by atoms with Gasteiger partial charge < -0.3 is 10.6 Å². The predicted molar refractivity (Wildman–Crippen MR) is 110 cm³/mol. The number of hydrogen-bond acceptors (Lipinski definition) is 2. The van der Waals surface area contributed by atoms with Gasteiger partial charge in [0.05, 0.1) is 12.2 Å². The summed E-state index contributed by atoms with van der Waals surface area (Å²) in [7, 11) is 0. The fourth-order valence-corrected chi connectivity index (χ4v) is 2.77. The van der Waals surface area contributed by atoms with E-state index < -0.39 is 0 Å². The summed E-state index contributed by atoms with van der Waals surface area (Å²) in [4.78, 5) is 8.88. The molecule has 1 aliphatic carbocycles. The molecule has 1 aromatic carbocycles. The van der Waals surface area contributed by atoms with Crippen LogP contribution in [0.1, 0.15) is 31.0 Å². The van der Waals surface area contributed by atoms with E-state index in [-0.39, 0.29) is 35.2 Å². The number of benzene rings is 1. The smallest absolute Gasteiger partial charge is 0.191 e. The minimum Gasteiger partial charge on any atom is -0.357 e. The molecule has 1 saturated carbocycles. The fraction of sp³-hybridized carbons (Fsp3) is 0.368. The van der Waals surface area contributed by atoms with Crippen molar-refractivity contribution < 1.29 is 4.39 Å². The van der Waals surface area contributed by atoms with Crippen molar-refractivity contribution in [3.8, 4) is 0 Å². The van der Waals surface area contributed by atoms with Gasteiger partial charge in [-0.25, -0.2) is 9.38 Å². The van der Waals surface area contributed by atoms with Gasteiger partial charge in [0.2, 0.25) is 0 Å². The fourth-order valence-electron chi connectivity index (χ4n) is 2.77. The van der Waals surface area contributed by atoms with Crippen molar-refractivity contribution in [2.24, 2.45) is 4.99 Å². The molecule has 1 fully saturated rings. The van der Waals surface area contributed by atoms with Crippen LogP contribution in [0.15, 0.2) is 53.7 Å². The molecule has 6 heteroatoms. The Balaban J connectivity index is 0.00000225. The number of aromatic nitrogens is 1. The second-order valence-electron chi connectivity index (χ2n) is 6.16. The molecule has 1 heterocycles. The summed E-state index contributed by atoms with van der Waals surface area (Å²) in [5, 5.41) is 6.69. The van der Waals surface area contributed by atoms with Crippen molar-refractivity contribution in [1.29, 1.82) is 0 Å². The molecule has 0 atom stereocenters. The third kappa shape index (κ3) is 5.39. The van der Waals surface area contributed by atoms with Crippen molar-refractivity contribution in [2.45, 2.75) is 31.7 Å². The first-order valence-corrected chi connectivity index (χ1v) is 8.40. The van der Waals surface area contributed by atoms with Crippen LogP contribution in [0, 0.1) is 5.82 Å². The number of nitrogens with one attached hydrogen (secondary N) is 2. The van der Waals surface area contributed by atoms with Crippen LogP contribution in [0.5, 0.6) is 0 Å². The van der Waals surface area contributed by atoms with Gasteiger partial charge in [0, 0.05) is 24.7 Å². The molecule has 3 rings (SSSR count). The Kier molecular flexibility index (Phi) is 7.16. The standard InChI is InChI=1S/C19H23FN4.HI/c1-2-21-18(23-13-17-5-3-4-12-22-17)24-14-19(10-11-19)15-6-8-16(20)9-7-15;/h3-9,12H,2,10-11,13-14H2,1H3,(H2,21,23,24);1H. The number of aliphatic imine (C=N–C) groups is 1. The molecule has 1 aromatic heterocycles. The zero-order valence-electron chi connectivity index (χ0n) is 14.3. The summed E-state index contributed by atoms with van der Waals surface area (Å²) in [6.45, 7) is 4.19. The van der Waals surface area contributed by atoms with E-state index >= 15 is 0 Å². The maximum absolute atomic E-state index is 13.1. The van der Waals surface area contributed by atoms with E-state index in [9.17, 15) is 4.39 Å². The molecule has 2 N–H and O–H groups in total. The minimum absolute atomic E-state index is 0. The highest BCUT2D eigenvalue weighted by molar-refractivity contribution is 14.0. The average molecular weight is 454 g/mol. The van der Waals surface area contributed by atoms with E-state index in [1.54, 1.807) is 6.20 Å². The van der Waals surface area contributed by atoms with E-state index in [1.807, 2.05) is 37.3 Å². The first-order valence-electron chi connectivity index (χ1n) is 8.40. The Bertz CT molecular complexity index is 684. The maximum Gasteiger partial charge on any atom is 0.191 e. The molecule has 134 valence electrons. The summed E-state index contributed by atoms with van der Waals surface area (Å²) in [6, 6.07) is 12.7. The summed E-state index contributed by atoms with van der Waals surface area (Å²) >= 11 is 0. The van der Waals surface area contributed by atoms with Crippen molar-refractivity contribution >= 4 is 29.9 Å². The molecule has 0 aliphatic heterocycles. The van der Waals surface area contributed by atoms with Crippen molar-refractivity contribution in [2.75, 3.05) is 13.1 Å². The Morgan fingerprint density at radius 2 is 1.92 bits per heavy atom. The van der Waals surface area contributed by atoms with Gasteiger partial charge in [-0.05, 0) is 49.6 Å². The first-order chi connectivity index (χ1) is 11.7. The lowest BCUT2D eigenvalue weighted by Gasteiger charge is -2.19. The summed E-state index contributed by atoms with van der Waals surface area (Å²) in [5.41, 5.74) is 2.24. The second kappa shape index (κ2) is 9.12. The molecule has 4 nitrogen and oxygen atoms in total. The third-order valence-electron chi connectivity index (χ3n) is 4.37. The quantitative estimate of drug-likeness (QED) is 0.398. The Morgan fingerprint density at radius 1 is 1.16 bits per heavy atom. The lowest BCUT2D eigenvalue weighted by Crippen LogP contribution is -2.41. The molecule has 0 spiro atoms. The van der Waals surface area contributed by atoms with Gasteiger partial charge in [-0.1, -0.05) is 18.2 Å². The van der Waals surface area contributed by atoms with Crippen molar-refractivity contribution in [1.82, 2.24) is 15.6 Å². The van der Waals surface area contributed by atoms with E-state index in [0.29, 0.717) is 6.54 Å². The molecule has 0 saturated heterocycles. The summed E-state index contributed by atoms with van der Waals surface area (Å²) < 4.78 is 13.1. The number of guanidine groups is 1. The Morgan fingerprint density at radius 3 is 2.52 bits per heavy atom. The predicted octanol–water partition coefficient (Wildman–Crippen LogP) is 3.63. The van der Waals surface area contributed by atoms with Crippen LogP contribution in [0.3, 0.4) is 0 Å².